The van der Waals surface area contributed by atoms with Crippen molar-refractivity contribution in [2.24, 2.45) is 0 Å². The quantitative estimate of drug-likeness (QED) is 0.912. The number of rotatable bonds is 4. The lowest BCUT2D eigenvalue weighted by Gasteiger charge is -2.22. The molecule has 1 aliphatic rings. The predicted octanol–water partition coefficient (Wildman–Crippen LogP) is 1.71. The topological polar surface area (TPSA) is 66.5 Å². The molecule has 1 unspecified atom stereocenters. The fraction of sp³-hybridized carbons (Fsp3) is 0.500. The smallest absolute Gasteiger partial charge is 0.238 e. The number of nitrogens with zero attached hydrogens (tertiary/aromatic N) is 1. The number of hydrogen-bond acceptors (Lipinski definition) is 4. The first-order chi connectivity index (χ1) is 9.78. The maximum Gasteiger partial charge on any atom is 0.238 e. The van der Waals surface area contributed by atoms with Gasteiger partial charge in [0.25, 0.3) is 0 Å². The standard InChI is InChI=1S/C14H19ClN2O3S/c1-10-12(15)4-3-5-13(10)16-14(18)8-17(2)11-6-7-21(19,20)9-11/h3-5,11H,6-9H2,1-2H3,(H,16,18). The van der Waals surface area contributed by atoms with Gasteiger partial charge >= 0.3 is 0 Å². The SMILES string of the molecule is Cc1c(Cl)cccc1NC(=O)CN(C)C1CCS(=O)(=O)C1. The van der Waals surface area contributed by atoms with Gasteiger partial charge in [0.15, 0.2) is 9.84 Å². The molecule has 116 valence electrons. The van der Waals surface area contributed by atoms with Crippen molar-refractivity contribution in [3.8, 4) is 0 Å². The predicted molar refractivity (Wildman–Crippen MR) is 84.5 cm³/mol. The van der Waals surface area contributed by atoms with Crippen molar-refractivity contribution in [2.45, 2.75) is 19.4 Å². The third-order valence-electron chi connectivity index (χ3n) is 3.77. The van der Waals surface area contributed by atoms with E-state index >= 15 is 0 Å². The van der Waals surface area contributed by atoms with Crippen LogP contribution in [-0.2, 0) is 14.6 Å². The van der Waals surface area contributed by atoms with Gasteiger partial charge in [0, 0.05) is 16.8 Å². The van der Waals surface area contributed by atoms with E-state index in [4.69, 9.17) is 11.6 Å². The van der Waals surface area contributed by atoms with Crippen LogP contribution < -0.4 is 5.32 Å². The molecule has 1 heterocycles. The molecule has 1 aliphatic heterocycles. The molecule has 0 spiro atoms. The van der Waals surface area contributed by atoms with Crippen molar-refractivity contribution < 1.29 is 13.2 Å². The fourth-order valence-electron chi connectivity index (χ4n) is 2.41. The Hall–Kier alpha value is -1.11. The molecule has 1 atom stereocenters. The number of anilines is 1. The molecule has 1 amide bonds. The minimum Gasteiger partial charge on any atom is -0.325 e. The van der Waals surface area contributed by atoms with E-state index in [0.717, 1.165) is 5.56 Å². The lowest BCUT2D eigenvalue weighted by molar-refractivity contribution is -0.117. The molecule has 0 radical (unpaired) electrons. The first-order valence-electron chi connectivity index (χ1n) is 6.74. The van der Waals surface area contributed by atoms with E-state index in [1.54, 1.807) is 30.1 Å². The summed E-state index contributed by atoms with van der Waals surface area (Å²) in [6.07, 6.45) is 0.586. The molecule has 0 aliphatic carbocycles. The average molecular weight is 331 g/mol. The Morgan fingerprint density at radius 1 is 1.48 bits per heavy atom. The van der Waals surface area contributed by atoms with Crippen LogP contribution in [0.4, 0.5) is 5.69 Å². The second-order valence-electron chi connectivity index (χ2n) is 5.43. The van der Waals surface area contributed by atoms with Crippen molar-refractivity contribution >= 4 is 33.0 Å². The van der Waals surface area contributed by atoms with E-state index in [2.05, 4.69) is 5.32 Å². The zero-order valence-electron chi connectivity index (χ0n) is 12.1. The molecule has 0 saturated carbocycles. The number of likely N-dealkylation sites (N-methyl/N-ethyl adjacent to an activating group) is 1. The summed E-state index contributed by atoms with van der Waals surface area (Å²) in [5, 5.41) is 3.41. The molecule has 1 saturated heterocycles. The largest absolute Gasteiger partial charge is 0.325 e. The normalized spacial score (nSPS) is 20.7. The minimum atomic E-state index is -2.94. The van der Waals surface area contributed by atoms with Gasteiger partial charge < -0.3 is 5.32 Å². The average Bonchev–Trinajstić information content (AvgIpc) is 2.75. The molecule has 0 bridgehead atoms. The van der Waals surface area contributed by atoms with Crippen LogP contribution in [0, 0.1) is 6.92 Å². The summed E-state index contributed by atoms with van der Waals surface area (Å²) < 4.78 is 22.9. The molecule has 0 aromatic heterocycles. The monoisotopic (exact) mass is 330 g/mol. The molecule has 7 heteroatoms. The Labute approximate surface area is 130 Å². The molecular weight excluding hydrogens is 312 g/mol. The molecule has 1 N–H and O–H groups in total. The summed E-state index contributed by atoms with van der Waals surface area (Å²) in [7, 11) is -1.16. The first kappa shape index (κ1) is 16.3. The fourth-order valence-corrected chi connectivity index (χ4v) is 4.39. The van der Waals surface area contributed by atoms with Crippen LogP contribution in [0.25, 0.3) is 0 Å². The van der Waals surface area contributed by atoms with Gasteiger partial charge in [-0.2, -0.15) is 0 Å². The van der Waals surface area contributed by atoms with Gasteiger partial charge in [0.05, 0.1) is 18.1 Å². The van der Waals surface area contributed by atoms with Gasteiger partial charge in [0.1, 0.15) is 0 Å². The number of hydrogen-bond donors (Lipinski definition) is 1. The number of halogens is 1. The van der Waals surface area contributed by atoms with Crippen LogP contribution in [-0.4, -0.2) is 50.4 Å². The van der Waals surface area contributed by atoms with Gasteiger partial charge in [-0.15, -0.1) is 0 Å². The Balaban J connectivity index is 1.94. The molecule has 5 nitrogen and oxygen atoms in total. The van der Waals surface area contributed by atoms with E-state index in [1.165, 1.54) is 0 Å². The van der Waals surface area contributed by atoms with Crippen molar-refractivity contribution in [2.75, 3.05) is 30.4 Å². The third kappa shape index (κ3) is 4.18. The highest BCUT2D eigenvalue weighted by Gasteiger charge is 2.31. The Bertz CT molecular complexity index is 646. The lowest BCUT2D eigenvalue weighted by Crippen LogP contribution is -2.38. The second kappa shape index (κ2) is 6.34. The molecule has 1 aromatic rings. The maximum atomic E-state index is 12.1. The number of nitrogens with one attached hydrogen (secondary N) is 1. The molecular formula is C14H19ClN2O3S. The summed E-state index contributed by atoms with van der Waals surface area (Å²) in [6.45, 7) is 2.00. The summed E-state index contributed by atoms with van der Waals surface area (Å²) in [5.74, 6) is 0.163. The van der Waals surface area contributed by atoms with Crippen molar-refractivity contribution in [1.29, 1.82) is 0 Å². The second-order valence-corrected chi connectivity index (χ2v) is 8.07. The minimum absolute atomic E-state index is 0.0822. The summed E-state index contributed by atoms with van der Waals surface area (Å²) in [5.41, 5.74) is 1.50. The van der Waals surface area contributed by atoms with E-state index < -0.39 is 9.84 Å². The molecule has 1 aromatic carbocycles. The van der Waals surface area contributed by atoms with Crippen LogP contribution >= 0.6 is 11.6 Å². The number of benzene rings is 1. The van der Waals surface area contributed by atoms with Crippen LogP contribution in [0.15, 0.2) is 18.2 Å². The Kier molecular flexibility index (Phi) is 4.91. The number of sulfone groups is 1. The summed E-state index contributed by atoms with van der Waals surface area (Å²) >= 11 is 6.01. The Morgan fingerprint density at radius 3 is 2.81 bits per heavy atom. The number of amides is 1. The van der Waals surface area contributed by atoms with Gasteiger partial charge in [-0.25, -0.2) is 8.42 Å². The highest BCUT2D eigenvalue weighted by molar-refractivity contribution is 7.91. The molecule has 1 fully saturated rings. The van der Waals surface area contributed by atoms with Gasteiger partial charge in [0.2, 0.25) is 5.91 Å². The molecule has 21 heavy (non-hydrogen) atoms. The Morgan fingerprint density at radius 2 is 2.19 bits per heavy atom. The van der Waals surface area contributed by atoms with E-state index in [-0.39, 0.29) is 30.0 Å². The van der Waals surface area contributed by atoms with Crippen LogP contribution in [0.2, 0.25) is 5.02 Å². The zero-order chi connectivity index (χ0) is 15.6. The number of carbonyl (C=O) groups is 1. The van der Waals surface area contributed by atoms with Gasteiger partial charge in [-0.3, -0.25) is 9.69 Å². The molecule has 2 rings (SSSR count). The summed E-state index contributed by atoms with van der Waals surface area (Å²) in [6, 6.07) is 5.25. The van der Waals surface area contributed by atoms with Gasteiger partial charge in [-0.05, 0) is 38.1 Å². The lowest BCUT2D eigenvalue weighted by atomic mass is 10.2. The van der Waals surface area contributed by atoms with E-state index in [1.807, 2.05) is 6.92 Å². The van der Waals surface area contributed by atoms with Crippen molar-refractivity contribution in [1.82, 2.24) is 4.90 Å². The van der Waals surface area contributed by atoms with Crippen molar-refractivity contribution in [3.63, 3.8) is 0 Å². The number of carbonyl (C=O) groups excluding carboxylic acids is 1. The van der Waals surface area contributed by atoms with E-state index in [9.17, 15) is 13.2 Å². The third-order valence-corrected chi connectivity index (χ3v) is 5.93. The zero-order valence-corrected chi connectivity index (χ0v) is 13.7. The van der Waals surface area contributed by atoms with Crippen molar-refractivity contribution in [3.05, 3.63) is 28.8 Å². The van der Waals surface area contributed by atoms with Gasteiger partial charge in [-0.1, -0.05) is 17.7 Å². The maximum absolute atomic E-state index is 12.1. The van der Waals surface area contributed by atoms with Crippen LogP contribution in [0.5, 0.6) is 0 Å². The van der Waals surface area contributed by atoms with Crippen LogP contribution in [0.3, 0.4) is 0 Å². The first-order valence-corrected chi connectivity index (χ1v) is 8.94. The highest BCUT2D eigenvalue weighted by atomic mass is 35.5. The highest BCUT2D eigenvalue weighted by Crippen LogP contribution is 2.23. The van der Waals surface area contributed by atoms with E-state index in [0.29, 0.717) is 17.1 Å². The summed E-state index contributed by atoms with van der Waals surface area (Å²) in [4.78, 5) is 13.9. The van der Waals surface area contributed by atoms with Crippen LogP contribution in [0.1, 0.15) is 12.0 Å².